The van der Waals surface area contributed by atoms with Gasteiger partial charge in [-0.05, 0) is 60.5 Å². The second kappa shape index (κ2) is 11.6. The highest BCUT2D eigenvalue weighted by atomic mass is 32.2. The van der Waals surface area contributed by atoms with E-state index in [1.54, 1.807) is 12.1 Å². The van der Waals surface area contributed by atoms with E-state index in [0.717, 1.165) is 6.42 Å². The highest BCUT2D eigenvalue weighted by molar-refractivity contribution is 7.92. The SMILES string of the molecule is CCc1ccc(OCc2ccc(C(=O)Nc3ccc(S(=O)(=O)Nc4cc(OC)nc(OC)n4)cc3)o2)cc1. The molecule has 0 unspecified atom stereocenters. The summed E-state index contributed by atoms with van der Waals surface area (Å²) in [6.45, 7) is 2.25. The van der Waals surface area contributed by atoms with Crippen molar-refractivity contribution in [2.24, 2.45) is 0 Å². The first-order chi connectivity index (χ1) is 18.3. The summed E-state index contributed by atoms with van der Waals surface area (Å²) in [4.78, 5) is 20.4. The number of hydrogen-bond donors (Lipinski definition) is 2. The highest BCUT2D eigenvalue weighted by Gasteiger charge is 2.18. The van der Waals surface area contributed by atoms with Gasteiger partial charge in [0.05, 0.1) is 19.1 Å². The third kappa shape index (κ3) is 6.59. The van der Waals surface area contributed by atoms with Crippen LogP contribution in [-0.2, 0) is 23.1 Å². The van der Waals surface area contributed by atoms with Gasteiger partial charge in [0.25, 0.3) is 15.9 Å². The molecule has 0 bridgehead atoms. The lowest BCUT2D eigenvalue weighted by Gasteiger charge is -2.10. The molecule has 4 rings (SSSR count). The van der Waals surface area contributed by atoms with Crippen molar-refractivity contribution in [2.45, 2.75) is 24.8 Å². The van der Waals surface area contributed by atoms with E-state index in [1.807, 2.05) is 24.3 Å². The minimum atomic E-state index is -3.99. The summed E-state index contributed by atoms with van der Waals surface area (Å²) < 4.78 is 49.2. The van der Waals surface area contributed by atoms with Crippen LogP contribution in [0.5, 0.6) is 17.6 Å². The van der Waals surface area contributed by atoms with Gasteiger partial charge in [0, 0.05) is 11.8 Å². The molecular weight excluding hydrogens is 512 g/mol. The Kier molecular flexibility index (Phi) is 8.12. The Balaban J connectivity index is 1.36. The number of nitrogens with one attached hydrogen (secondary N) is 2. The smallest absolute Gasteiger partial charge is 0.321 e. The van der Waals surface area contributed by atoms with E-state index < -0.39 is 15.9 Å². The normalized spacial score (nSPS) is 11.0. The van der Waals surface area contributed by atoms with Crippen LogP contribution >= 0.6 is 0 Å². The fourth-order valence-electron chi connectivity index (χ4n) is 3.31. The molecule has 0 aliphatic rings. The van der Waals surface area contributed by atoms with Gasteiger partial charge < -0.3 is 23.9 Å². The first-order valence-electron chi connectivity index (χ1n) is 11.5. The van der Waals surface area contributed by atoms with E-state index in [2.05, 4.69) is 26.9 Å². The topological polar surface area (TPSA) is 142 Å². The van der Waals surface area contributed by atoms with Crippen LogP contribution < -0.4 is 24.2 Å². The van der Waals surface area contributed by atoms with Crippen molar-refractivity contribution in [2.75, 3.05) is 24.3 Å². The molecular formula is C26H26N4O7S. The van der Waals surface area contributed by atoms with Crippen LogP contribution in [-0.4, -0.2) is 38.5 Å². The third-order valence-corrected chi connectivity index (χ3v) is 6.70. The summed E-state index contributed by atoms with van der Waals surface area (Å²) in [6.07, 6.45) is 0.945. The average molecular weight is 539 g/mol. The molecule has 2 heterocycles. The molecule has 38 heavy (non-hydrogen) atoms. The van der Waals surface area contributed by atoms with Crippen molar-refractivity contribution in [1.82, 2.24) is 9.97 Å². The minimum absolute atomic E-state index is 0.0262. The largest absolute Gasteiger partial charge is 0.486 e. The quantitative estimate of drug-likeness (QED) is 0.286. The number of rotatable bonds is 11. The van der Waals surface area contributed by atoms with E-state index in [-0.39, 0.29) is 35.0 Å². The first kappa shape index (κ1) is 26.5. The van der Waals surface area contributed by atoms with Gasteiger partial charge in [-0.2, -0.15) is 9.97 Å². The zero-order chi connectivity index (χ0) is 27.1. The molecule has 0 aliphatic heterocycles. The van der Waals surface area contributed by atoms with E-state index in [9.17, 15) is 13.2 Å². The number of anilines is 2. The van der Waals surface area contributed by atoms with Crippen LogP contribution in [0.25, 0.3) is 0 Å². The molecule has 11 nitrogen and oxygen atoms in total. The van der Waals surface area contributed by atoms with Gasteiger partial charge in [-0.1, -0.05) is 19.1 Å². The van der Waals surface area contributed by atoms with Gasteiger partial charge in [-0.15, -0.1) is 0 Å². The minimum Gasteiger partial charge on any atom is -0.486 e. The molecule has 12 heteroatoms. The fraction of sp³-hybridized carbons (Fsp3) is 0.192. The number of sulfonamides is 1. The van der Waals surface area contributed by atoms with Gasteiger partial charge in [0.1, 0.15) is 18.1 Å². The number of aromatic nitrogens is 2. The summed E-state index contributed by atoms with van der Waals surface area (Å²) >= 11 is 0. The second-order valence-electron chi connectivity index (χ2n) is 7.92. The maximum Gasteiger partial charge on any atom is 0.321 e. The van der Waals surface area contributed by atoms with Gasteiger partial charge in [0.2, 0.25) is 5.88 Å². The summed E-state index contributed by atoms with van der Waals surface area (Å²) in [6, 6.07) is 17.8. The van der Waals surface area contributed by atoms with Crippen LogP contribution in [0.15, 0.2) is 76.0 Å². The molecule has 0 aliphatic carbocycles. The number of carbonyl (C=O) groups excluding carboxylic acids is 1. The number of benzene rings is 2. The van der Waals surface area contributed by atoms with Crippen molar-refractivity contribution < 1.29 is 31.8 Å². The summed E-state index contributed by atoms with van der Waals surface area (Å²) in [5.41, 5.74) is 1.59. The van der Waals surface area contributed by atoms with Crippen LogP contribution in [0, 0.1) is 0 Å². The fourth-order valence-corrected chi connectivity index (χ4v) is 4.30. The van der Waals surface area contributed by atoms with Gasteiger partial charge >= 0.3 is 6.01 Å². The molecule has 0 fully saturated rings. The van der Waals surface area contributed by atoms with E-state index in [4.69, 9.17) is 18.6 Å². The molecule has 0 atom stereocenters. The first-order valence-corrected chi connectivity index (χ1v) is 13.0. The van der Waals surface area contributed by atoms with Crippen molar-refractivity contribution in [3.8, 4) is 17.6 Å². The number of ether oxygens (including phenoxy) is 3. The van der Waals surface area contributed by atoms with Crippen molar-refractivity contribution in [1.29, 1.82) is 0 Å². The molecule has 0 radical (unpaired) electrons. The summed E-state index contributed by atoms with van der Waals surface area (Å²) in [5, 5.41) is 2.67. The number of furan rings is 1. The molecule has 2 aromatic carbocycles. The standard InChI is InChI=1S/C26H26N4O7S/c1-4-17-5-9-19(10-6-17)36-16-20-11-14-22(37-20)25(31)27-18-7-12-21(13-8-18)38(32,33)30-23-15-24(34-2)29-26(28-23)35-3/h5-15H,4,16H2,1-3H3,(H,27,31)(H,28,29,30). The van der Waals surface area contributed by atoms with Crippen LogP contribution in [0.2, 0.25) is 0 Å². The molecule has 0 spiro atoms. The van der Waals surface area contributed by atoms with Crippen molar-refractivity contribution in [3.05, 3.63) is 83.8 Å². The Hall–Kier alpha value is -4.58. The van der Waals surface area contributed by atoms with Crippen molar-refractivity contribution >= 4 is 27.4 Å². The lowest BCUT2D eigenvalue weighted by atomic mass is 10.2. The third-order valence-electron chi connectivity index (χ3n) is 5.33. The Morgan fingerprint density at radius 3 is 2.34 bits per heavy atom. The number of aryl methyl sites for hydroxylation is 1. The monoisotopic (exact) mass is 538 g/mol. The zero-order valence-corrected chi connectivity index (χ0v) is 21.7. The maximum absolute atomic E-state index is 12.8. The van der Waals surface area contributed by atoms with Crippen LogP contribution in [0.1, 0.15) is 28.8 Å². The number of methoxy groups -OCH3 is 2. The molecule has 2 N–H and O–H groups in total. The van der Waals surface area contributed by atoms with Crippen molar-refractivity contribution in [3.63, 3.8) is 0 Å². The predicted molar refractivity (Wildman–Crippen MR) is 139 cm³/mol. The molecule has 1 amide bonds. The van der Waals surface area contributed by atoms with Gasteiger partial charge in [-0.25, -0.2) is 8.42 Å². The van der Waals surface area contributed by atoms with Crippen LogP contribution in [0.3, 0.4) is 0 Å². The lowest BCUT2D eigenvalue weighted by Crippen LogP contribution is -2.15. The molecule has 4 aromatic rings. The maximum atomic E-state index is 12.8. The Labute approximate surface area is 219 Å². The zero-order valence-electron chi connectivity index (χ0n) is 20.9. The highest BCUT2D eigenvalue weighted by Crippen LogP contribution is 2.22. The molecule has 0 saturated carbocycles. The van der Waals surface area contributed by atoms with Gasteiger partial charge in [-0.3, -0.25) is 9.52 Å². The Morgan fingerprint density at radius 1 is 0.947 bits per heavy atom. The molecule has 2 aromatic heterocycles. The average Bonchev–Trinajstić information content (AvgIpc) is 3.41. The lowest BCUT2D eigenvalue weighted by molar-refractivity contribution is 0.0992. The van der Waals surface area contributed by atoms with Gasteiger partial charge in [0.15, 0.2) is 11.6 Å². The predicted octanol–water partition coefficient (Wildman–Crippen LogP) is 4.28. The Morgan fingerprint density at radius 2 is 1.68 bits per heavy atom. The Bertz CT molecular complexity index is 1480. The number of hydrogen-bond acceptors (Lipinski definition) is 9. The number of amides is 1. The summed E-state index contributed by atoms with van der Waals surface area (Å²) in [7, 11) is -1.25. The molecule has 198 valence electrons. The molecule has 0 saturated heterocycles. The van der Waals surface area contributed by atoms with E-state index in [0.29, 0.717) is 17.2 Å². The second-order valence-corrected chi connectivity index (χ2v) is 9.60. The number of carbonyl (C=O) groups is 1. The summed E-state index contributed by atoms with van der Waals surface area (Å²) in [5.74, 6) is 0.896. The van der Waals surface area contributed by atoms with E-state index >= 15 is 0 Å². The van der Waals surface area contributed by atoms with Crippen LogP contribution in [0.4, 0.5) is 11.5 Å². The van der Waals surface area contributed by atoms with E-state index in [1.165, 1.54) is 50.1 Å². The number of nitrogens with zero attached hydrogens (tertiary/aromatic N) is 2.